The first kappa shape index (κ1) is 20.8. The van der Waals surface area contributed by atoms with E-state index in [1.54, 1.807) is 36.4 Å². The van der Waals surface area contributed by atoms with Gasteiger partial charge in [-0.25, -0.2) is 17.2 Å². The number of fused-ring (bicyclic) bond motifs is 1. The zero-order valence-corrected chi connectivity index (χ0v) is 18.0. The van der Waals surface area contributed by atoms with Gasteiger partial charge < -0.3 is 10.1 Å². The molecule has 1 aromatic heterocycles. The van der Waals surface area contributed by atoms with E-state index in [2.05, 4.69) is 21.2 Å². The number of nitrogens with one attached hydrogen (secondary N) is 1. The van der Waals surface area contributed by atoms with Gasteiger partial charge in [0, 0.05) is 28.5 Å². The number of rotatable bonds is 5. The summed E-state index contributed by atoms with van der Waals surface area (Å²) in [6.07, 6.45) is 2.79. The number of methoxy groups -OCH3 is 1. The number of aromatic nitrogens is 1. The number of carbonyl (C=O) groups excluding carboxylic acids is 2. The highest BCUT2D eigenvalue weighted by atomic mass is 79.9. The van der Waals surface area contributed by atoms with Crippen LogP contribution in [0.1, 0.15) is 12.5 Å². The molecule has 0 unspecified atom stereocenters. The molecule has 3 rings (SSSR count). The third-order valence-corrected chi connectivity index (χ3v) is 6.44. The highest BCUT2D eigenvalue weighted by Gasteiger charge is 2.22. The molecule has 0 atom stereocenters. The second kappa shape index (κ2) is 8.22. The molecule has 0 spiro atoms. The lowest BCUT2D eigenvalue weighted by molar-refractivity contribution is -0.137. The Bertz CT molecular complexity index is 1230. The van der Waals surface area contributed by atoms with Crippen LogP contribution in [0.2, 0.25) is 0 Å². The molecule has 7 nitrogen and oxygen atoms in total. The van der Waals surface area contributed by atoms with Crippen LogP contribution in [0, 0.1) is 0 Å². The normalized spacial score (nSPS) is 12.0. The molecule has 150 valence electrons. The minimum atomic E-state index is -3.88. The molecular formula is C20H17BrN2O5S. The van der Waals surface area contributed by atoms with E-state index in [1.165, 1.54) is 38.4 Å². The van der Waals surface area contributed by atoms with Gasteiger partial charge in [-0.1, -0.05) is 40.2 Å². The lowest BCUT2D eigenvalue weighted by atomic mass is 10.1. The summed E-state index contributed by atoms with van der Waals surface area (Å²) in [7, 11) is -2.69. The zero-order valence-electron chi connectivity index (χ0n) is 15.5. The summed E-state index contributed by atoms with van der Waals surface area (Å²) < 4.78 is 32.9. The van der Waals surface area contributed by atoms with Crippen molar-refractivity contribution >= 4 is 54.8 Å². The van der Waals surface area contributed by atoms with Crippen LogP contribution in [0.25, 0.3) is 17.0 Å². The van der Waals surface area contributed by atoms with E-state index in [0.717, 1.165) is 3.97 Å². The molecule has 0 aliphatic rings. The molecule has 1 heterocycles. The third-order valence-electron chi connectivity index (χ3n) is 4.09. The highest BCUT2D eigenvalue weighted by Crippen LogP contribution is 2.32. The van der Waals surface area contributed by atoms with Crippen LogP contribution < -0.4 is 5.32 Å². The minimum Gasteiger partial charge on any atom is -0.464 e. The highest BCUT2D eigenvalue weighted by molar-refractivity contribution is 9.10. The number of hydrogen-bond donors (Lipinski definition) is 1. The fraction of sp³-hybridized carbons (Fsp3) is 0.100. The minimum absolute atomic E-state index is 0.105. The average molecular weight is 477 g/mol. The predicted molar refractivity (Wildman–Crippen MR) is 112 cm³/mol. The van der Waals surface area contributed by atoms with E-state index in [1.807, 2.05) is 0 Å². The standard InChI is InChI=1S/C20H17BrN2O5S/c1-13(24)22-17(20(25)28-2)11-14-12-23(18-10-6-9-16(21)19(14)18)29(26,27)15-7-4-3-5-8-15/h3-12H,1-2H3,(H,22,24)/b17-11-. The van der Waals surface area contributed by atoms with E-state index in [4.69, 9.17) is 4.74 Å². The van der Waals surface area contributed by atoms with Crippen molar-refractivity contribution < 1.29 is 22.7 Å². The van der Waals surface area contributed by atoms with Crippen molar-refractivity contribution in [3.63, 3.8) is 0 Å². The SMILES string of the molecule is COC(=O)/C(=C/c1cn(S(=O)(=O)c2ccccc2)c2cccc(Br)c12)NC(C)=O. The van der Waals surface area contributed by atoms with Crippen LogP contribution in [0.5, 0.6) is 0 Å². The summed E-state index contributed by atoms with van der Waals surface area (Å²) >= 11 is 3.44. The Morgan fingerprint density at radius 2 is 1.79 bits per heavy atom. The molecule has 3 aromatic rings. The van der Waals surface area contributed by atoms with Crippen molar-refractivity contribution in [2.45, 2.75) is 11.8 Å². The molecule has 0 aliphatic heterocycles. The fourth-order valence-electron chi connectivity index (χ4n) is 2.86. The number of halogens is 1. The first-order valence-corrected chi connectivity index (χ1v) is 10.7. The van der Waals surface area contributed by atoms with E-state index in [-0.39, 0.29) is 10.6 Å². The van der Waals surface area contributed by atoms with Gasteiger partial charge in [0.25, 0.3) is 10.0 Å². The fourth-order valence-corrected chi connectivity index (χ4v) is 4.83. The van der Waals surface area contributed by atoms with Gasteiger partial charge in [0.1, 0.15) is 5.70 Å². The molecular weight excluding hydrogens is 460 g/mol. The molecule has 29 heavy (non-hydrogen) atoms. The first-order chi connectivity index (χ1) is 13.8. The van der Waals surface area contributed by atoms with Crippen molar-refractivity contribution in [3.8, 4) is 0 Å². The Hall–Kier alpha value is -2.91. The number of amides is 1. The van der Waals surface area contributed by atoms with Crippen LogP contribution in [-0.2, 0) is 24.3 Å². The lowest BCUT2D eigenvalue weighted by Crippen LogP contribution is -2.25. The van der Waals surface area contributed by atoms with E-state index in [0.29, 0.717) is 20.9 Å². The van der Waals surface area contributed by atoms with Crippen LogP contribution in [-0.4, -0.2) is 31.4 Å². The summed E-state index contributed by atoms with van der Waals surface area (Å²) in [6.45, 7) is 1.26. The van der Waals surface area contributed by atoms with Gasteiger partial charge in [-0.2, -0.15) is 0 Å². The number of benzene rings is 2. The Balaban J connectivity index is 2.29. The van der Waals surface area contributed by atoms with Gasteiger partial charge in [0.15, 0.2) is 0 Å². The number of hydrogen-bond acceptors (Lipinski definition) is 5. The Labute approximate surface area is 176 Å². The second-order valence-corrected chi connectivity index (χ2v) is 8.73. The first-order valence-electron chi connectivity index (χ1n) is 8.43. The van der Waals surface area contributed by atoms with Gasteiger partial charge in [0.05, 0.1) is 17.5 Å². The maximum atomic E-state index is 13.2. The average Bonchev–Trinajstić information content (AvgIpc) is 3.07. The van der Waals surface area contributed by atoms with Crippen molar-refractivity contribution in [1.29, 1.82) is 0 Å². The predicted octanol–water partition coefficient (Wildman–Crippen LogP) is 3.29. The molecule has 0 fully saturated rings. The van der Waals surface area contributed by atoms with Crippen LogP contribution in [0.4, 0.5) is 0 Å². The van der Waals surface area contributed by atoms with Gasteiger partial charge in [-0.05, 0) is 30.3 Å². The smallest absolute Gasteiger partial charge is 0.354 e. The number of ether oxygens (including phenoxy) is 1. The lowest BCUT2D eigenvalue weighted by Gasteiger charge is -2.07. The maximum Gasteiger partial charge on any atom is 0.354 e. The summed E-state index contributed by atoms with van der Waals surface area (Å²) in [4.78, 5) is 23.7. The summed E-state index contributed by atoms with van der Waals surface area (Å²) in [6, 6.07) is 13.2. The number of nitrogens with zero attached hydrogens (tertiary/aromatic N) is 1. The van der Waals surface area contributed by atoms with Crippen molar-refractivity contribution in [3.05, 3.63) is 70.5 Å². The van der Waals surface area contributed by atoms with Crippen molar-refractivity contribution in [2.24, 2.45) is 0 Å². The molecule has 9 heteroatoms. The molecule has 0 bridgehead atoms. The van der Waals surface area contributed by atoms with Crippen LogP contribution in [0.15, 0.2) is 69.8 Å². The monoisotopic (exact) mass is 476 g/mol. The summed E-state index contributed by atoms with van der Waals surface area (Å²) in [5, 5.41) is 2.98. The molecule has 2 aromatic carbocycles. The molecule has 1 amide bonds. The van der Waals surface area contributed by atoms with E-state index >= 15 is 0 Å². The number of esters is 1. The maximum absolute atomic E-state index is 13.2. The van der Waals surface area contributed by atoms with Gasteiger partial charge in [-0.3, -0.25) is 4.79 Å². The largest absolute Gasteiger partial charge is 0.464 e. The Morgan fingerprint density at radius 3 is 2.41 bits per heavy atom. The number of carbonyl (C=O) groups is 2. The molecule has 0 saturated heterocycles. The van der Waals surface area contributed by atoms with Gasteiger partial charge in [0.2, 0.25) is 5.91 Å². The third kappa shape index (κ3) is 4.10. The van der Waals surface area contributed by atoms with Gasteiger partial charge >= 0.3 is 5.97 Å². The Morgan fingerprint density at radius 1 is 1.10 bits per heavy atom. The van der Waals surface area contributed by atoms with Crippen molar-refractivity contribution in [1.82, 2.24) is 9.29 Å². The second-order valence-electron chi connectivity index (χ2n) is 6.06. The molecule has 1 N–H and O–H groups in total. The van der Waals surface area contributed by atoms with Gasteiger partial charge in [-0.15, -0.1) is 0 Å². The van der Waals surface area contributed by atoms with E-state index < -0.39 is 21.9 Å². The molecule has 0 saturated carbocycles. The quantitative estimate of drug-likeness (QED) is 0.450. The topological polar surface area (TPSA) is 94.5 Å². The van der Waals surface area contributed by atoms with Crippen LogP contribution >= 0.6 is 15.9 Å². The zero-order chi connectivity index (χ0) is 21.2. The van der Waals surface area contributed by atoms with E-state index in [9.17, 15) is 18.0 Å². The van der Waals surface area contributed by atoms with Crippen molar-refractivity contribution in [2.75, 3.05) is 7.11 Å². The molecule has 0 aliphatic carbocycles. The van der Waals surface area contributed by atoms with Crippen LogP contribution in [0.3, 0.4) is 0 Å². The molecule has 0 radical (unpaired) electrons. The summed E-state index contributed by atoms with van der Waals surface area (Å²) in [5.74, 6) is -1.21. The Kier molecular flexibility index (Phi) is 5.90. The summed E-state index contributed by atoms with van der Waals surface area (Å²) in [5.41, 5.74) is 0.731.